The van der Waals surface area contributed by atoms with E-state index in [0.29, 0.717) is 5.69 Å². The van der Waals surface area contributed by atoms with Gasteiger partial charge in [-0.2, -0.15) is 0 Å². The number of nitrogens with zero attached hydrogens (tertiary/aromatic N) is 2. The van der Waals surface area contributed by atoms with Crippen molar-refractivity contribution in [1.82, 2.24) is 4.90 Å². The third kappa shape index (κ3) is 4.59. The number of carbonyl (C=O) groups is 1. The van der Waals surface area contributed by atoms with Crippen molar-refractivity contribution < 1.29 is 9.72 Å². The van der Waals surface area contributed by atoms with Crippen molar-refractivity contribution in [2.75, 3.05) is 25.0 Å². The second-order valence-electron chi connectivity index (χ2n) is 6.37. The molecule has 0 unspecified atom stereocenters. The molecule has 0 radical (unpaired) electrons. The van der Waals surface area contributed by atoms with Crippen LogP contribution in [0.3, 0.4) is 0 Å². The third-order valence-electron chi connectivity index (χ3n) is 4.53. The van der Waals surface area contributed by atoms with E-state index in [4.69, 9.17) is 11.6 Å². The lowest BCUT2D eigenvalue weighted by molar-refractivity contribution is -0.385. The van der Waals surface area contributed by atoms with Crippen molar-refractivity contribution in [3.63, 3.8) is 0 Å². The lowest BCUT2D eigenvalue weighted by Gasteiger charge is -2.14. The number of anilines is 1. The zero-order valence-electron chi connectivity index (χ0n) is 14.3. The normalized spacial score (nSPS) is 14.3. The number of amides is 1. The number of nitrogens with one attached hydrogen (secondary N) is 1. The molecule has 3 rings (SSSR count). The van der Waals surface area contributed by atoms with E-state index < -0.39 is 10.8 Å². The molecule has 0 saturated carbocycles. The van der Waals surface area contributed by atoms with Gasteiger partial charge in [-0.25, -0.2) is 0 Å². The molecule has 1 N–H and O–H groups in total. The Balaban J connectivity index is 1.64. The molecule has 1 aliphatic heterocycles. The van der Waals surface area contributed by atoms with E-state index in [9.17, 15) is 14.9 Å². The van der Waals surface area contributed by atoms with E-state index >= 15 is 0 Å². The molecule has 1 aliphatic rings. The monoisotopic (exact) mass is 373 g/mol. The van der Waals surface area contributed by atoms with E-state index in [1.54, 1.807) is 0 Å². The molecule has 1 fully saturated rings. The summed E-state index contributed by atoms with van der Waals surface area (Å²) in [6.45, 7) is 3.39. The number of benzene rings is 2. The molecule has 7 heteroatoms. The molecule has 136 valence electrons. The van der Waals surface area contributed by atoms with Crippen LogP contribution in [0.25, 0.3) is 0 Å². The Kier molecular flexibility index (Phi) is 5.85. The van der Waals surface area contributed by atoms with Crippen LogP contribution >= 0.6 is 11.6 Å². The fraction of sp³-hybridized carbons (Fsp3) is 0.316. The van der Waals surface area contributed by atoms with Crippen LogP contribution in [0.15, 0.2) is 42.5 Å². The number of nitro benzene ring substituents is 1. The summed E-state index contributed by atoms with van der Waals surface area (Å²) in [7, 11) is 0. The van der Waals surface area contributed by atoms with Crippen LogP contribution in [0.1, 0.15) is 28.8 Å². The Morgan fingerprint density at radius 2 is 1.85 bits per heavy atom. The summed E-state index contributed by atoms with van der Waals surface area (Å²) in [5, 5.41) is 14.1. The summed E-state index contributed by atoms with van der Waals surface area (Å²) in [6, 6.07) is 11.5. The standard InChI is InChI=1S/C19H20ClN3O3/c20-15-5-8-18(23(25)26)17(13-15)19(24)21-16-6-3-14(4-7-16)9-12-22-10-1-2-11-22/h3-8,13H,1-2,9-12H2,(H,21,24). The predicted octanol–water partition coefficient (Wildman–Crippen LogP) is 4.14. The maximum atomic E-state index is 12.4. The van der Waals surface area contributed by atoms with Crippen LogP contribution in [0.5, 0.6) is 0 Å². The number of nitro groups is 1. The van der Waals surface area contributed by atoms with Crippen LogP contribution in [-0.2, 0) is 6.42 Å². The topological polar surface area (TPSA) is 75.5 Å². The van der Waals surface area contributed by atoms with E-state index in [1.165, 1.54) is 49.7 Å². The van der Waals surface area contributed by atoms with Crippen LogP contribution < -0.4 is 5.32 Å². The summed E-state index contributed by atoms with van der Waals surface area (Å²) < 4.78 is 0. The number of halogens is 1. The highest BCUT2D eigenvalue weighted by Gasteiger charge is 2.20. The minimum atomic E-state index is -0.591. The smallest absolute Gasteiger partial charge is 0.282 e. The van der Waals surface area contributed by atoms with Gasteiger partial charge in [-0.1, -0.05) is 23.7 Å². The fourth-order valence-corrected chi connectivity index (χ4v) is 3.27. The van der Waals surface area contributed by atoms with Crippen LogP contribution in [-0.4, -0.2) is 35.4 Å². The Morgan fingerprint density at radius 1 is 1.15 bits per heavy atom. The molecule has 2 aromatic rings. The number of carbonyl (C=O) groups excluding carboxylic acids is 1. The Hall–Kier alpha value is -2.44. The van der Waals surface area contributed by atoms with Gasteiger partial charge in [0, 0.05) is 23.3 Å². The lowest BCUT2D eigenvalue weighted by Crippen LogP contribution is -2.21. The molecule has 0 spiro atoms. The second-order valence-corrected chi connectivity index (χ2v) is 6.80. The zero-order chi connectivity index (χ0) is 18.5. The summed E-state index contributed by atoms with van der Waals surface area (Å²) in [5.74, 6) is -0.552. The maximum absolute atomic E-state index is 12.4. The Morgan fingerprint density at radius 3 is 2.50 bits per heavy atom. The highest BCUT2D eigenvalue weighted by atomic mass is 35.5. The summed E-state index contributed by atoms with van der Waals surface area (Å²) in [5.41, 5.74) is 1.47. The largest absolute Gasteiger partial charge is 0.322 e. The number of rotatable bonds is 6. The van der Waals surface area contributed by atoms with Crippen molar-refractivity contribution in [2.45, 2.75) is 19.3 Å². The molecule has 1 heterocycles. The summed E-state index contributed by atoms with van der Waals surface area (Å²) in [4.78, 5) is 25.4. The van der Waals surface area contributed by atoms with Gasteiger partial charge in [-0.05, 0) is 62.2 Å². The number of hydrogen-bond donors (Lipinski definition) is 1. The SMILES string of the molecule is O=C(Nc1ccc(CCN2CCCC2)cc1)c1cc(Cl)ccc1[N+](=O)[O-]. The van der Waals surface area contributed by atoms with Crippen LogP contribution in [0, 0.1) is 10.1 Å². The van der Waals surface area contributed by atoms with Crippen molar-refractivity contribution in [3.8, 4) is 0 Å². The molecule has 0 bridgehead atoms. The molecular weight excluding hydrogens is 354 g/mol. The van der Waals surface area contributed by atoms with Crippen LogP contribution in [0.4, 0.5) is 11.4 Å². The van der Waals surface area contributed by atoms with Crippen molar-refractivity contribution in [2.24, 2.45) is 0 Å². The second kappa shape index (κ2) is 8.29. The van der Waals surface area contributed by atoms with E-state index in [2.05, 4.69) is 10.2 Å². The summed E-state index contributed by atoms with van der Waals surface area (Å²) in [6.07, 6.45) is 3.52. The molecule has 1 amide bonds. The molecule has 0 aromatic heterocycles. The lowest BCUT2D eigenvalue weighted by atomic mass is 10.1. The van der Waals surface area contributed by atoms with Gasteiger partial charge < -0.3 is 10.2 Å². The van der Waals surface area contributed by atoms with Gasteiger partial charge >= 0.3 is 0 Å². The molecule has 26 heavy (non-hydrogen) atoms. The average molecular weight is 374 g/mol. The van der Waals surface area contributed by atoms with Gasteiger partial charge in [0.05, 0.1) is 4.92 Å². The van der Waals surface area contributed by atoms with E-state index in [-0.39, 0.29) is 16.3 Å². The van der Waals surface area contributed by atoms with Gasteiger partial charge in [-0.3, -0.25) is 14.9 Å². The average Bonchev–Trinajstić information content (AvgIpc) is 3.14. The highest BCUT2D eigenvalue weighted by molar-refractivity contribution is 6.31. The van der Waals surface area contributed by atoms with Gasteiger partial charge in [0.1, 0.15) is 5.56 Å². The third-order valence-corrected chi connectivity index (χ3v) is 4.76. The predicted molar refractivity (Wildman–Crippen MR) is 102 cm³/mol. The highest BCUT2D eigenvalue weighted by Crippen LogP contribution is 2.24. The Labute approximate surface area is 156 Å². The first-order chi connectivity index (χ1) is 12.5. The van der Waals surface area contributed by atoms with Crippen LogP contribution in [0.2, 0.25) is 5.02 Å². The number of likely N-dealkylation sites (tertiary alicyclic amines) is 1. The number of hydrogen-bond acceptors (Lipinski definition) is 4. The van der Waals surface area contributed by atoms with Gasteiger partial charge in [0.2, 0.25) is 0 Å². The molecule has 6 nitrogen and oxygen atoms in total. The van der Waals surface area contributed by atoms with Gasteiger partial charge in [0.25, 0.3) is 11.6 Å². The molecule has 2 aromatic carbocycles. The fourth-order valence-electron chi connectivity index (χ4n) is 3.10. The first-order valence-corrected chi connectivity index (χ1v) is 8.97. The van der Waals surface area contributed by atoms with Crippen molar-refractivity contribution in [1.29, 1.82) is 0 Å². The summed E-state index contributed by atoms with van der Waals surface area (Å²) >= 11 is 5.87. The molecule has 1 saturated heterocycles. The van der Waals surface area contributed by atoms with Crippen molar-refractivity contribution >= 4 is 28.9 Å². The Bertz CT molecular complexity index is 802. The van der Waals surface area contributed by atoms with E-state index in [0.717, 1.165) is 13.0 Å². The quantitative estimate of drug-likeness (QED) is 0.610. The van der Waals surface area contributed by atoms with Gasteiger partial charge in [0.15, 0.2) is 0 Å². The zero-order valence-corrected chi connectivity index (χ0v) is 15.0. The maximum Gasteiger partial charge on any atom is 0.282 e. The first-order valence-electron chi connectivity index (χ1n) is 8.59. The molecular formula is C19H20ClN3O3. The molecule has 0 atom stereocenters. The minimum absolute atomic E-state index is 0.0550. The molecule has 0 aliphatic carbocycles. The van der Waals surface area contributed by atoms with Crippen molar-refractivity contribution in [3.05, 3.63) is 68.7 Å². The van der Waals surface area contributed by atoms with Gasteiger partial charge in [-0.15, -0.1) is 0 Å². The minimum Gasteiger partial charge on any atom is -0.322 e. The van der Waals surface area contributed by atoms with E-state index in [1.807, 2.05) is 24.3 Å². The first kappa shape index (κ1) is 18.4.